The van der Waals surface area contributed by atoms with Gasteiger partial charge in [0.15, 0.2) is 0 Å². The average Bonchev–Trinajstić information content (AvgIpc) is 2.18. The lowest BCUT2D eigenvalue weighted by atomic mass is 9.83. The van der Waals surface area contributed by atoms with Gasteiger partial charge in [-0.25, -0.2) is 0 Å². The van der Waals surface area contributed by atoms with E-state index in [9.17, 15) is 0 Å². The molecule has 0 unspecified atom stereocenters. The summed E-state index contributed by atoms with van der Waals surface area (Å²) in [6.45, 7) is 2.35. The quantitative estimate of drug-likeness (QED) is 0.446. The maximum Gasteiger partial charge on any atom is 0.0970 e. The van der Waals surface area contributed by atoms with E-state index in [2.05, 4.69) is 22.9 Å². The van der Waals surface area contributed by atoms with Crippen LogP contribution in [0.25, 0.3) is 0 Å². The molecule has 0 amide bonds. The first kappa shape index (κ1) is 12.2. The van der Waals surface area contributed by atoms with Gasteiger partial charge in [0.2, 0.25) is 0 Å². The Morgan fingerprint density at radius 3 is 2.00 bits per heavy atom. The number of hydrogen-bond donors (Lipinski definition) is 3. The molecule has 0 bridgehead atoms. The molecule has 1 fully saturated rings. The fourth-order valence-corrected chi connectivity index (χ4v) is 2.91. The Bertz CT molecular complexity index is 174. The van der Waals surface area contributed by atoms with Crippen molar-refractivity contribution in [3.8, 4) is 0 Å². The van der Waals surface area contributed by atoms with Crippen LogP contribution in [0, 0.1) is 0 Å². The van der Waals surface area contributed by atoms with Gasteiger partial charge in [0.1, 0.15) is 0 Å². The van der Waals surface area contributed by atoms with Crippen molar-refractivity contribution in [2.24, 2.45) is 0 Å². The summed E-state index contributed by atoms with van der Waals surface area (Å²) in [5.74, 6) is 0. The van der Waals surface area contributed by atoms with E-state index >= 15 is 0 Å². The van der Waals surface area contributed by atoms with Crippen molar-refractivity contribution in [1.82, 2.24) is 16.0 Å². The van der Waals surface area contributed by atoms with Crippen LogP contribution in [0.2, 0.25) is 0 Å². The van der Waals surface area contributed by atoms with E-state index in [1.807, 2.05) is 14.1 Å². The molecule has 1 aliphatic rings. The summed E-state index contributed by atoms with van der Waals surface area (Å²) >= 11 is 0. The summed E-state index contributed by atoms with van der Waals surface area (Å²) in [6.07, 6.45) is 6.76. The Hall–Kier alpha value is 0.0969. The summed E-state index contributed by atoms with van der Waals surface area (Å²) in [4.78, 5) is 0. The molecule has 0 radical (unpaired) electrons. The Kier molecular flexibility index (Phi) is 4.12. The van der Waals surface area contributed by atoms with Crippen molar-refractivity contribution in [1.29, 1.82) is 0 Å². The molecule has 4 heteroatoms. The fraction of sp³-hybridized carbons (Fsp3) is 1.00. The molecule has 0 saturated heterocycles. The third-order valence-electron chi connectivity index (χ3n) is 3.51. The molecule has 0 atom stereocenters. The molecule has 3 nitrogen and oxygen atoms in total. The molecule has 0 heterocycles. The van der Waals surface area contributed by atoms with Crippen LogP contribution in [0.3, 0.4) is 0 Å². The van der Waals surface area contributed by atoms with Gasteiger partial charge in [-0.1, -0.05) is 19.3 Å². The maximum atomic E-state index is 3.75. The van der Waals surface area contributed by atoms with Gasteiger partial charge in [-0.05, 0) is 33.9 Å². The van der Waals surface area contributed by atoms with Gasteiger partial charge in [-0.2, -0.15) is 0 Å². The second kappa shape index (κ2) is 4.75. The van der Waals surface area contributed by atoms with Crippen LogP contribution >= 0.6 is 0 Å². The van der Waals surface area contributed by atoms with Gasteiger partial charge in [0, 0.05) is 5.54 Å². The first-order valence-corrected chi connectivity index (χ1v) is 6.71. The molecule has 0 spiro atoms. The normalized spacial score (nSPS) is 22.5. The van der Waals surface area contributed by atoms with Crippen molar-refractivity contribution >= 4 is 10.2 Å². The van der Waals surface area contributed by atoms with Crippen LogP contribution in [0.1, 0.15) is 39.0 Å². The fourth-order valence-electron chi connectivity index (χ4n) is 2.31. The van der Waals surface area contributed by atoms with Gasteiger partial charge in [0.05, 0.1) is 15.7 Å². The van der Waals surface area contributed by atoms with Crippen LogP contribution in [0.15, 0.2) is 0 Å². The van der Waals surface area contributed by atoms with Gasteiger partial charge < -0.3 is 0 Å². The van der Waals surface area contributed by atoms with Crippen LogP contribution in [0.4, 0.5) is 0 Å². The molecule has 0 aromatic rings. The first-order chi connectivity index (χ1) is 6.54. The SMILES string of the molecule is CNC([SiH3])(NC)NC1(C)CCCCC1. The Morgan fingerprint density at radius 1 is 1.07 bits per heavy atom. The molecule has 1 saturated carbocycles. The number of hydrogen-bond acceptors (Lipinski definition) is 3. The van der Waals surface area contributed by atoms with Gasteiger partial charge in [0.25, 0.3) is 0 Å². The zero-order valence-corrected chi connectivity index (χ0v) is 12.0. The lowest BCUT2D eigenvalue weighted by Crippen LogP contribution is -2.70. The third-order valence-corrected chi connectivity index (χ3v) is 4.76. The van der Waals surface area contributed by atoms with Crippen molar-refractivity contribution in [2.75, 3.05) is 14.1 Å². The summed E-state index contributed by atoms with van der Waals surface area (Å²) < 4.78 is 0. The highest BCUT2D eigenvalue weighted by Gasteiger charge is 2.32. The molecule has 3 N–H and O–H groups in total. The molecule has 0 aromatic heterocycles. The molecule has 1 rings (SSSR count). The van der Waals surface area contributed by atoms with Crippen molar-refractivity contribution in [2.45, 2.75) is 50.0 Å². The van der Waals surface area contributed by atoms with E-state index in [4.69, 9.17) is 0 Å². The minimum Gasteiger partial charge on any atom is -0.294 e. The van der Waals surface area contributed by atoms with E-state index in [-0.39, 0.29) is 5.41 Å². The minimum absolute atomic E-state index is 0.00785. The average molecular weight is 215 g/mol. The number of nitrogens with one attached hydrogen (secondary N) is 3. The van der Waals surface area contributed by atoms with Gasteiger partial charge in [-0.3, -0.25) is 16.0 Å². The van der Waals surface area contributed by atoms with Crippen LogP contribution in [-0.2, 0) is 0 Å². The number of rotatable bonds is 4. The highest BCUT2D eigenvalue weighted by atomic mass is 28.1. The van der Waals surface area contributed by atoms with E-state index in [0.29, 0.717) is 5.54 Å². The zero-order chi connectivity index (χ0) is 10.7. The lowest BCUT2D eigenvalue weighted by molar-refractivity contribution is 0.180. The predicted molar refractivity (Wildman–Crippen MR) is 65.4 cm³/mol. The summed E-state index contributed by atoms with van der Waals surface area (Å²) in [6, 6.07) is 0. The first-order valence-electron chi connectivity index (χ1n) is 5.71. The predicted octanol–water partition coefficient (Wildman–Crippen LogP) is -0.286. The summed E-state index contributed by atoms with van der Waals surface area (Å²) in [7, 11) is 5.09. The lowest BCUT2D eigenvalue weighted by Gasteiger charge is -2.43. The van der Waals surface area contributed by atoms with Crippen molar-refractivity contribution < 1.29 is 0 Å². The molecular formula is C10H25N3Si. The van der Waals surface area contributed by atoms with Crippen LogP contribution < -0.4 is 16.0 Å². The molecular weight excluding hydrogens is 190 g/mol. The Labute approximate surface area is 90.8 Å². The second-order valence-electron chi connectivity index (χ2n) is 4.87. The minimum atomic E-state index is -0.00785. The largest absolute Gasteiger partial charge is 0.294 e. The summed E-state index contributed by atoms with van der Waals surface area (Å²) in [5, 5.41) is 10.4. The topological polar surface area (TPSA) is 36.1 Å². The van der Waals surface area contributed by atoms with Crippen molar-refractivity contribution in [3.63, 3.8) is 0 Å². The zero-order valence-electron chi connectivity index (χ0n) is 10.0. The van der Waals surface area contributed by atoms with E-state index in [1.54, 1.807) is 0 Å². The standard InChI is InChI=1S/C10H25N3Si/c1-9(7-5-4-6-8-9)13-10(14,11-2)12-3/h11-13H,4-8H2,1-3,14H3. The molecule has 84 valence electrons. The van der Waals surface area contributed by atoms with E-state index in [0.717, 1.165) is 10.2 Å². The summed E-state index contributed by atoms with van der Waals surface area (Å²) in [5.41, 5.74) is 0.318. The van der Waals surface area contributed by atoms with Crippen LogP contribution in [-0.4, -0.2) is 35.3 Å². The van der Waals surface area contributed by atoms with Crippen molar-refractivity contribution in [3.05, 3.63) is 0 Å². The Morgan fingerprint density at radius 2 is 1.57 bits per heavy atom. The van der Waals surface area contributed by atoms with Gasteiger partial charge in [-0.15, -0.1) is 0 Å². The molecule has 14 heavy (non-hydrogen) atoms. The maximum absolute atomic E-state index is 3.75. The molecule has 0 aliphatic heterocycles. The third kappa shape index (κ3) is 3.05. The van der Waals surface area contributed by atoms with Gasteiger partial charge >= 0.3 is 0 Å². The van der Waals surface area contributed by atoms with E-state index in [1.165, 1.54) is 32.1 Å². The molecule has 1 aliphatic carbocycles. The highest BCUT2D eigenvalue weighted by molar-refractivity contribution is 6.14. The monoisotopic (exact) mass is 215 g/mol. The van der Waals surface area contributed by atoms with E-state index < -0.39 is 0 Å². The smallest absolute Gasteiger partial charge is 0.0970 e. The van der Waals surface area contributed by atoms with Crippen LogP contribution in [0.5, 0.6) is 0 Å². The highest BCUT2D eigenvalue weighted by Crippen LogP contribution is 2.28. The molecule has 0 aromatic carbocycles. The second-order valence-corrected chi connectivity index (χ2v) is 6.37. The Balaban J connectivity index is 2.55.